The minimum atomic E-state index is -0.0191. The van der Waals surface area contributed by atoms with E-state index in [1.165, 1.54) is 54.5 Å². The number of nitrogens with zero attached hydrogens (tertiary/aromatic N) is 2. The average Bonchev–Trinajstić information content (AvgIpc) is 3.90. The maximum atomic E-state index is 10.5. The first-order valence-electron chi connectivity index (χ1n) is 17.3. The molecule has 7 rings (SSSR count). The number of aliphatic hydroxyl groups is 1. The molecule has 3 aromatic heterocycles. The summed E-state index contributed by atoms with van der Waals surface area (Å²) in [6.07, 6.45) is 2.27. The summed E-state index contributed by atoms with van der Waals surface area (Å²) in [6, 6.07) is 35.1. The monoisotopic (exact) mass is 888 g/mol. The van der Waals surface area contributed by atoms with Gasteiger partial charge in [0.2, 0.25) is 0 Å². The molecule has 0 aliphatic carbocycles. The van der Waals surface area contributed by atoms with Crippen LogP contribution >= 0.6 is 22.7 Å². The van der Waals surface area contributed by atoms with Gasteiger partial charge in [-0.15, -0.1) is 16.7 Å². The van der Waals surface area contributed by atoms with Crippen molar-refractivity contribution < 1.29 is 30.0 Å². The number of para-hydroxylation sites is 2. The van der Waals surface area contributed by atoms with Crippen LogP contribution in [-0.4, -0.2) is 20.4 Å². The van der Waals surface area contributed by atoms with E-state index in [4.69, 9.17) is 10.1 Å². The first-order valence-corrected chi connectivity index (χ1v) is 19.0. The SMILES string of the molecule is CC(C)c1cc(-c2ccccc2)cc(C(C)C)c1-n1c(-c2[c-]sc3ccc(-c4cccs4)cc23)nc2ccccc21.CCC(=O)/C=C(\O)CC.[Ir]. The van der Waals surface area contributed by atoms with Gasteiger partial charge in [-0.25, -0.2) is 0 Å². The normalized spacial score (nSPS) is 11.6. The van der Waals surface area contributed by atoms with Crippen LogP contribution in [0.1, 0.15) is 77.3 Å². The molecule has 0 saturated heterocycles. The predicted molar refractivity (Wildman–Crippen MR) is 214 cm³/mol. The van der Waals surface area contributed by atoms with E-state index in [9.17, 15) is 4.79 Å². The molecule has 0 aliphatic heterocycles. The van der Waals surface area contributed by atoms with Crippen LogP contribution < -0.4 is 0 Å². The molecule has 0 atom stereocenters. The molecule has 0 saturated carbocycles. The minimum absolute atomic E-state index is 0. The fourth-order valence-corrected chi connectivity index (χ4v) is 7.71. The Kier molecular flexibility index (Phi) is 12.6. The number of thiophene rings is 2. The van der Waals surface area contributed by atoms with E-state index in [0.717, 1.165) is 22.4 Å². The van der Waals surface area contributed by atoms with Gasteiger partial charge in [0, 0.05) is 49.6 Å². The maximum absolute atomic E-state index is 10.5. The summed E-state index contributed by atoms with van der Waals surface area (Å²) in [5.41, 5.74) is 10.9. The van der Waals surface area contributed by atoms with Crippen LogP contribution in [0.15, 0.2) is 114 Å². The third-order valence-corrected chi connectivity index (χ3v) is 10.7. The van der Waals surface area contributed by atoms with Gasteiger partial charge in [-0.3, -0.25) is 21.1 Å². The third kappa shape index (κ3) is 8.18. The van der Waals surface area contributed by atoms with E-state index < -0.39 is 0 Å². The zero-order chi connectivity index (χ0) is 35.4. The van der Waals surface area contributed by atoms with Crippen molar-refractivity contribution in [3.05, 3.63) is 131 Å². The van der Waals surface area contributed by atoms with Gasteiger partial charge in [-0.05, 0) is 75.4 Å². The van der Waals surface area contributed by atoms with Crippen LogP contribution in [-0.2, 0) is 24.9 Å². The summed E-state index contributed by atoms with van der Waals surface area (Å²) in [6.45, 7) is 12.8. The fourth-order valence-electron chi connectivity index (χ4n) is 6.16. The van der Waals surface area contributed by atoms with Crippen LogP contribution in [0.3, 0.4) is 0 Å². The summed E-state index contributed by atoms with van der Waals surface area (Å²) in [5, 5.41) is 15.8. The predicted octanol–water partition coefficient (Wildman–Crippen LogP) is 13.2. The molecule has 1 radical (unpaired) electrons. The van der Waals surface area contributed by atoms with Crippen molar-refractivity contribution in [2.45, 2.75) is 66.2 Å². The van der Waals surface area contributed by atoms with Crippen molar-refractivity contribution >= 4 is 49.6 Å². The number of imidazole rings is 1. The second-order valence-electron chi connectivity index (χ2n) is 13.0. The summed E-state index contributed by atoms with van der Waals surface area (Å²) >= 11 is 3.45. The van der Waals surface area contributed by atoms with Crippen LogP contribution in [0.5, 0.6) is 0 Å². The van der Waals surface area contributed by atoms with Crippen molar-refractivity contribution in [1.29, 1.82) is 0 Å². The van der Waals surface area contributed by atoms with E-state index in [2.05, 4.69) is 140 Å². The fraction of sp³-hybridized carbons (Fsp3) is 0.227. The molecule has 4 aromatic carbocycles. The van der Waals surface area contributed by atoms with Crippen molar-refractivity contribution in [2.75, 3.05) is 0 Å². The molecule has 0 amide bonds. The van der Waals surface area contributed by atoms with Gasteiger partial charge < -0.3 is 9.67 Å². The smallest absolute Gasteiger partial charge is 0.158 e. The van der Waals surface area contributed by atoms with E-state index in [-0.39, 0.29) is 31.6 Å². The molecule has 1 N–H and O–H groups in total. The maximum Gasteiger partial charge on any atom is 0.158 e. The van der Waals surface area contributed by atoms with Gasteiger partial charge in [-0.2, -0.15) is 0 Å². The summed E-state index contributed by atoms with van der Waals surface area (Å²) in [5.74, 6) is 1.76. The molecule has 7 aromatic rings. The Labute approximate surface area is 322 Å². The number of aliphatic hydroxyl groups excluding tert-OH is 1. The van der Waals surface area contributed by atoms with Crippen LogP contribution in [0.25, 0.3) is 59.8 Å². The largest absolute Gasteiger partial charge is 0.512 e. The van der Waals surface area contributed by atoms with E-state index in [0.29, 0.717) is 24.7 Å². The van der Waals surface area contributed by atoms with Crippen LogP contribution in [0, 0.1) is 5.38 Å². The van der Waals surface area contributed by atoms with Gasteiger partial charge in [0.1, 0.15) is 0 Å². The molecule has 0 unspecified atom stereocenters. The number of carbonyl (C=O) groups excluding carboxylic acids is 1. The van der Waals surface area contributed by atoms with E-state index in [1.807, 2.05) is 0 Å². The number of fused-ring (bicyclic) bond motifs is 2. The topological polar surface area (TPSA) is 55.1 Å². The zero-order valence-corrected chi connectivity index (χ0v) is 33.9. The molecule has 0 bridgehead atoms. The second kappa shape index (κ2) is 16.9. The number of allylic oxidation sites excluding steroid dienone is 2. The molecular formula is C44H43IrN2O2S2-. The Morgan fingerprint density at radius 3 is 2.14 bits per heavy atom. The Bertz CT molecular complexity index is 2250. The second-order valence-corrected chi connectivity index (χ2v) is 14.8. The number of carbonyl (C=O) groups is 1. The van der Waals surface area contributed by atoms with E-state index >= 15 is 0 Å². The first-order chi connectivity index (χ1) is 24.2. The van der Waals surface area contributed by atoms with Crippen molar-refractivity contribution in [3.63, 3.8) is 0 Å². The number of hydrogen-bond acceptors (Lipinski definition) is 5. The van der Waals surface area contributed by atoms with E-state index in [1.54, 1.807) is 36.5 Å². The Balaban J connectivity index is 0.000000448. The number of rotatable bonds is 9. The third-order valence-electron chi connectivity index (χ3n) is 8.88. The number of benzene rings is 4. The van der Waals surface area contributed by atoms with Crippen molar-refractivity contribution in [2.24, 2.45) is 0 Å². The van der Waals surface area contributed by atoms with Crippen LogP contribution in [0.2, 0.25) is 0 Å². The minimum Gasteiger partial charge on any atom is -0.512 e. The summed E-state index contributed by atoms with van der Waals surface area (Å²) in [7, 11) is 0. The zero-order valence-electron chi connectivity index (χ0n) is 29.9. The van der Waals surface area contributed by atoms with Crippen LogP contribution in [0.4, 0.5) is 0 Å². The van der Waals surface area contributed by atoms with Crippen molar-refractivity contribution in [1.82, 2.24) is 9.55 Å². The molecule has 4 nitrogen and oxygen atoms in total. The quantitative estimate of drug-likeness (QED) is 0.0892. The Hall–Kier alpha value is -4.13. The molecule has 0 spiro atoms. The Morgan fingerprint density at radius 2 is 1.51 bits per heavy atom. The molecule has 263 valence electrons. The first kappa shape index (κ1) is 38.1. The van der Waals surface area contributed by atoms with Crippen molar-refractivity contribution in [3.8, 4) is 38.6 Å². The number of aromatic nitrogens is 2. The van der Waals surface area contributed by atoms with Gasteiger partial charge in [0.25, 0.3) is 0 Å². The number of ketones is 1. The van der Waals surface area contributed by atoms with Gasteiger partial charge >= 0.3 is 0 Å². The number of hydrogen-bond donors (Lipinski definition) is 1. The standard InChI is InChI=1S/C37H31N2S2.C7H12O2.Ir/c1-23(2)28-20-27(25-11-6-5-7-12-25)21-29(24(3)4)36(28)39-33-14-9-8-13-32(33)38-37(39)31-22-41-35-17-16-26(19-30(31)35)34-15-10-18-40-34;1-3-6(8)5-7(9)4-2;/h5-21,23-24H,1-4H3;5,8H,3-4H2,1-2H3;/q-1;;/b;6-5-;. The summed E-state index contributed by atoms with van der Waals surface area (Å²) in [4.78, 5) is 17.1. The summed E-state index contributed by atoms with van der Waals surface area (Å²) < 4.78 is 3.65. The molecule has 7 heteroatoms. The molecule has 0 aliphatic rings. The molecular weight excluding hydrogens is 845 g/mol. The van der Waals surface area contributed by atoms with Gasteiger partial charge in [0.15, 0.2) is 5.78 Å². The van der Waals surface area contributed by atoms with Gasteiger partial charge in [-0.1, -0.05) is 124 Å². The average molecular weight is 888 g/mol. The molecule has 51 heavy (non-hydrogen) atoms. The molecule has 3 heterocycles. The Morgan fingerprint density at radius 1 is 0.824 bits per heavy atom. The van der Waals surface area contributed by atoms with Gasteiger partial charge in [0.05, 0.1) is 22.6 Å². The molecule has 0 fully saturated rings.